The quantitative estimate of drug-likeness (QED) is 0.315. The Morgan fingerprint density at radius 3 is 2.33 bits per heavy atom. The Morgan fingerprint density at radius 2 is 1.65 bits per heavy atom. The first-order valence-electron chi connectivity index (χ1n) is 13.2. The van der Waals surface area contributed by atoms with Crippen LogP contribution in [0.1, 0.15) is 44.1 Å². The van der Waals surface area contributed by atoms with Gasteiger partial charge in [0.2, 0.25) is 10.0 Å². The van der Waals surface area contributed by atoms with E-state index in [0.29, 0.717) is 41.8 Å². The molecule has 212 valence electrons. The second kappa shape index (κ2) is 11.9. The summed E-state index contributed by atoms with van der Waals surface area (Å²) >= 11 is 12.3. The number of piperidine rings is 1. The fraction of sp³-hybridized carbons (Fsp3) is 0.345. The van der Waals surface area contributed by atoms with Gasteiger partial charge in [-0.2, -0.15) is 4.31 Å². The van der Waals surface area contributed by atoms with Gasteiger partial charge in [0.25, 0.3) is 0 Å². The first-order chi connectivity index (χ1) is 19.1. The van der Waals surface area contributed by atoms with Gasteiger partial charge >= 0.3 is 6.03 Å². The smallest absolute Gasteiger partial charge is 0.322 e. The molecule has 0 bridgehead atoms. The maximum Gasteiger partial charge on any atom is 0.322 e. The number of halogens is 3. The van der Waals surface area contributed by atoms with Crippen LogP contribution < -0.4 is 10.1 Å². The first kappa shape index (κ1) is 28.7. The van der Waals surface area contributed by atoms with Crippen molar-refractivity contribution in [3.8, 4) is 11.5 Å². The number of nitrogens with one attached hydrogen (secondary N) is 1. The molecule has 2 heterocycles. The molecule has 2 amide bonds. The van der Waals surface area contributed by atoms with Crippen molar-refractivity contribution in [2.75, 3.05) is 25.0 Å². The molecule has 3 aromatic rings. The van der Waals surface area contributed by atoms with Crippen LogP contribution in [-0.2, 0) is 10.0 Å². The fourth-order valence-corrected chi connectivity index (χ4v) is 7.35. The topological polar surface area (TPSA) is 79.0 Å². The molecule has 1 N–H and O–H groups in total. The van der Waals surface area contributed by atoms with Crippen LogP contribution in [0.2, 0.25) is 10.0 Å². The summed E-state index contributed by atoms with van der Waals surface area (Å²) in [5, 5.41) is 3.62. The van der Waals surface area contributed by atoms with E-state index in [1.807, 2.05) is 6.92 Å². The van der Waals surface area contributed by atoms with Crippen molar-refractivity contribution in [3.63, 3.8) is 0 Å². The fourth-order valence-electron chi connectivity index (χ4n) is 5.30. The molecule has 0 spiro atoms. The monoisotopic (exact) mass is 605 g/mol. The van der Waals surface area contributed by atoms with E-state index in [1.54, 1.807) is 35.2 Å². The number of amides is 2. The maximum atomic E-state index is 13.5. The Morgan fingerprint density at radius 1 is 0.975 bits per heavy atom. The third-order valence-corrected chi connectivity index (χ3v) is 9.72. The van der Waals surface area contributed by atoms with E-state index in [0.717, 1.165) is 24.8 Å². The molecule has 3 aromatic carbocycles. The van der Waals surface area contributed by atoms with Crippen molar-refractivity contribution >= 4 is 44.9 Å². The summed E-state index contributed by atoms with van der Waals surface area (Å²) in [6, 6.07) is 15.0. The van der Waals surface area contributed by atoms with Gasteiger partial charge in [-0.3, -0.25) is 0 Å². The molecule has 0 saturated carbocycles. The molecule has 40 heavy (non-hydrogen) atoms. The molecule has 2 aliphatic rings. The number of hydrogen-bond acceptors (Lipinski definition) is 4. The molecule has 2 aliphatic heterocycles. The number of likely N-dealkylation sites (tertiary alicyclic amines) is 1. The summed E-state index contributed by atoms with van der Waals surface area (Å²) < 4.78 is 47.8. The lowest BCUT2D eigenvalue weighted by Crippen LogP contribution is -2.37. The van der Waals surface area contributed by atoms with Crippen LogP contribution in [0.3, 0.4) is 0 Å². The van der Waals surface area contributed by atoms with Crippen molar-refractivity contribution in [3.05, 3.63) is 82.1 Å². The number of ether oxygens (including phenoxy) is 1. The highest BCUT2D eigenvalue weighted by Gasteiger charge is 2.34. The summed E-state index contributed by atoms with van der Waals surface area (Å²) in [4.78, 5) is 15.3. The van der Waals surface area contributed by atoms with Gasteiger partial charge in [0.05, 0.1) is 10.6 Å². The largest absolute Gasteiger partial charge is 0.455 e. The Hall–Kier alpha value is -2.85. The second-order valence-corrected chi connectivity index (χ2v) is 13.1. The number of hydrogen-bond donors (Lipinski definition) is 1. The lowest BCUT2D eigenvalue weighted by Gasteiger charge is -2.26. The third-order valence-electron chi connectivity index (χ3n) is 7.39. The first-order valence-corrected chi connectivity index (χ1v) is 15.4. The summed E-state index contributed by atoms with van der Waals surface area (Å²) in [5.74, 6) is 0.325. The van der Waals surface area contributed by atoms with E-state index in [2.05, 4.69) is 5.32 Å². The minimum Gasteiger partial charge on any atom is -0.455 e. The lowest BCUT2D eigenvalue weighted by molar-refractivity contribution is 0.209. The van der Waals surface area contributed by atoms with Crippen molar-refractivity contribution < 1.29 is 22.3 Å². The van der Waals surface area contributed by atoms with Gasteiger partial charge in [-0.25, -0.2) is 17.6 Å². The van der Waals surface area contributed by atoms with Crippen molar-refractivity contribution in [1.29, 1.82) is 0 Å². The van der Waals surface area contributed by atoms with E-state index in [1.165, 1.54) is 34.6 Å². The van der Waals surface area contributed by atoms with Crippen LogP contribution in [0.25, 0.3) is 0 Å². The molecule has 7 nitrogen and oxygen atoms in total. The molecular weight excluding hydrogens is 576 g/mol. The standard InChI is InChI=1S/C29H30Cl2FN3O4S/c1-19-13-21(20-5-7-24(32)8-6-20)18-35(19)29(36)33-27-17-26(40(37,38)34-11-3-2-4-12-34)9-10-28(27)39-25-15-22(30)14-23(31)16-25/h5-10,14-17,19,21H,2-4,11-13,18H2,1H3,(H,33,36). The zero-order valence-electron chi connectivity index (χ0n) is 21.9. The zero-order valence-corrected chi connectivity index (χ0v) is 24.3. The van der Waals surface area contributed by atoms with Gasteiger partial charge in [-0.15, -0.1) is 0 Å². The van der Waals surface area contributed by atoms with E-state index in [4.69, 9.17) is 27.9 Å². The van der Waals surface area contributed by atoms with Gasteiger partial charge in [0.15, 0.2) is 5.75 Å². The Bertz CT molecular complexity index is 1480. The highest BCUT2D eigenvalue weighted by molar-refractivity contribution is 7.89. The molecular formula is C29H30Cl2FN3O4S. The van der Waals surface area contributed by atoms with Gasteiger partial charge in [-0.1, -0.05) is 41.8 Å². The number of urea groups is 1. The molecule has 2 saturated heterocycles. The van der Waals surface area contributed by atoms with Crippen LogP contribution >= 0.6 is 23.2 Å². The number of carbonyl (C=O) groups is 1. The third kappa shape index (κ3) is 6.38. The van der Waals surface area contributed by atoms with Gasteiger partial charge in [0.1, 0.15) is 11.6 Å². The van der Waals surface area contributed by atoms with E-state index < -0.39 is 16.1 Å². The minimum atomic E-state index is -3.76. The Balaban J connectivity index is 1.43. The van der Waals surface area contributed by atoms with Crippen LogP contribution in [0, 0.1) is 5.82 Å². The minimum absolute atomic E-state index is 0.0523. The predicted molar refractivity (Wildman–Crippen MR) is 155 cm³/mol. The van der Waals surface area contributed by atoms with Gasteiger partial charge in [0, 0.05) is 41.6 Å². The van der Waals surface area contributed by atoms with Gasteiger partial charge in [-0.05, 0) is 80.3 Å². The average Bonchev–Trinajstić information content (AvgIpc) is 3.31. The number of nitrogens with zero attached hydrogens (tertiary/aromatic N) is 2. The summed E-state index contributed by atoms with van der Waals surface area (Å²) in [7, 11) is -3.76. The van der Waals surface area contributed by atoms with E-state index >= 15 is 0 Å². The molecule has 2 fully saturated rings. The number of benzene rings is 3. The van der Waals surface area contributed by atoms with Crippen LogP contribution in [0.5, 0.6) is 11.5 Å². The summed E-state index contributed by atoms with van der Waals surface area (Å²) in [5.41, 5.74) is 1.16. The van der Waals surface area contributed by atoms with Crippen LogP contribution in [-0.4, -0.2) is 49.3 Å². The number of carbonyl (C=O) groups excluding carboxylic acids is 1. The SMILES string of the molecule is CC1CC(c2ccc(F)cc2)CN1C(=O)Nc1cc(S(=O)(=O)N2CCCCC2)ccc1Oc1cc(Cl)cc(Cl)c1. The molecule has 0 aromatic heterocycles. The molecule has 2 atom stereocenters. The van der Waals surface area contributed by atoms with Crippen molar-refractivity contribution in [1.82, 2.24) is 9.21 Å². The number of rotatable bonds is 6. The Kier molecular flexibility index (Phi) is 8.56. The molecule has 11 heteroatoms. The zero-order chi connectivity index (χ0) is 28.4. The van der Waals surface area contributed by atoms with Crippen LogP contribution in [0.4, 0.5) is 14.9 Å². The molecule has 0 aliphatic carbocycles. The Labute approximate surface area is 243 Å². The summed E-state index contributed by atoms with van der Waals surface area (Å²) in [6.45, 7) is 3.30. The molecule has 2 unspecified atom stereocenters. The normalized spacial score (nSPS) is 19.9. The van der Waals surface area contributed by atoms with Crippen molar-refractivity contribution in [2.45, 2.75) is 49.5 Å². The van der Waals surface area contributed by atoms with Crippen LogP contribution in [0.15, 0.2) is 65.6 Å². The number of sulfonamides is 1. The predicted octanol–water partition coefficient (Wildman–Crippen LogP) is 7.51. The van der Waals surface area contributed by atoms with Gasteiger partial charge < -0.3 is 15.0 Å². The van der Waals surface area contributed by atoms with E-state index in [9.17, 15) is 17.6 Å². The highest BCUT2D eigenvalue weighted by Crippen LogP contribution is 2.37. The molecule has 5 rings (SSSR count). The number of anilines is 1. The maximum absolute atomic E-state index is 13.5. The van der Waals surface area contributed by atoms with E-state index in [-0.39, 0.29) is 34.1 Å². The van der Waals surface area contributed by atoms with Crippen molar-refractivity contribution in [2.24, 2.45) is 0 Å². The molecule has 0 radical (unpaired) electrons. The second-order valence-electron chi connectivity index (χ2n) is 10.2. The summed E-state index contributed by atoms with van der Waals surface area (Å²) in [6.07, 6.45) is 3.32. The highest BCUT2D eigenvalue weighted by atomic mass is 35.5. The average molecular weight is 607 g/mol. The lowest BCUT2D eigenvalue weighted by atomic mass is 9.97.